The highest BCUT2D eigenvalue weighted by molar-refractivity contribution is 5.69. The lowest BCUT2D eigenvalue weighted by Crippen LogP contribution is -2.10. The van der Waals surface area contributed by atoms with Gasteiger partial charge in [-0.15, -0.1) is 5.10 Å². The molecular weight excluding hydrogens is 218 g/mol. The van der Waals surface area contributed by atoms with Gasteiger partial charge in [0.05, 0.1) is 12.1 Å². The predicted octanol–water partition coefficient (Wildman–Crippen LogP) is 2.12. The minimum Gasteiger partial charge on any atom is -0.481 e. The molecule has 0 radical (unpaired) electrons. The largest absolute Gasteiger partial charge is 0.481 e. The van der Waals surface area contributed by atoms with Crippen molar-refractivity contribution >= 4 is 5.97 Å². The molecule has 5 nitrogen and oxygen atoms in total. The van der Waals surface area contributed by atoms with E-state index in [1.54, 1.807) is 10.9 Å². The summed E-state index contributed by atoms with van der Waals surface area (Å²) in [4.78, 5) is 10.5. The number of unbranched alkanes of at least 4 members (excludes halogenated alkanes) is 1. The fraction of sp³-hybridized carbons (Fsp3) is 0.750. The van der Waals surface area contributed by atoms with Crippen LogP contribution in [0.2, 0.25) is 0 Å². The molecular formula is C12H21N3O2. The molecule has 0 saturated carbocycles. The highest BCUT2D eigenvalue weighted by atomic mass is 16.4. The number of nitrogens with zero attached hydrogens (tertiary/aromatic N) is 3. The zero-order valence-corrected chi connectivity index (χ0v) is 10.6. The Morgan fingerprint density at radius 2 is 2.29 bits per heavy atom. The van der Waals surface area contributed by atoms with E-state index < -0.39 is 5.97 Å². The van der Waals surface area contributed by atoms with Crippen molar-refractivity contribution in [1.29, 1.82) is 0 Å². The Morgan fingerprint density at radius 1 is 1.53 bits per heavy atom. The summed E-state index contributed by atoms with van der Waals surface area (Å²) < 4.78 is 1.77. The summed E-state index contributed by atoms with van der Waals surface area (Å²) in [6.07, 6.45) is 6.44. The topological polar surface area (TPSA) is 68.0 Å². The van der Waals surface area contributed by atoms with Gasteiger partial charge < -0.3 is 5.11 Å². The van der Waals surface area contributed by atoms with Crippen LogP contribution in [-0.4, -0.2) is 26.1 Å². The van der Waals surface area contributed by atoms with Crippen molar-refractivity contribution in [2.45, 2.75) is 52.5 Å². The maximum atomic E-state index is 10.5. The number of carboxylic acids is 1. The second-order valence-electron chi connectivity index (χ2n) is 4.42. The molecule has 0 spiro atoms. The molecule has 0 aliphatic rings. The molecule has 1 aromatic heterocycles. The molecule has 1 N–H and O–H groups in total. The number of carbonyl (C=O) groups is 1. The summed E-state index contributed by atoms with van der Waals surface area (Å²) in [6.45, 7) is 5.20. The van der Waals surface area contributed by atoms with Crippen LogP contribution in [0.25, 0.3) is 0 Å². The van der Waals surface area contributed by atoms with Crippen molar-refractivity contribution in [3.8, 4) is 0 Å². The van der Waals surface area contributed by atoms with E-state index in [4.69, 9.17) is 5.11 Å². The Labute approximate surface area is 102 Å². The van der Waals surface area contributed by atoms with Gasteiger partial charge in [0.1, 0.15) is 0 Å². The molecule has 0 aliphatic heterocycles. The quantitative estimate of drug-likeness (QED) is 0.754. The molecule has 1 heterocycles. The second kappa shape index (κ2) is 7.04. The normalized spacial score (nSPS) is 12.6. The predicted molar refractivity (Wildman–Crippen MR) is 64.7 cm³/mol. The molecule has 96 valence electrons. The van der Waals surface area contributed by atoms with Gasteiger partial charge in [-0.2, -0.15) is 0 Å². The first-order valence-corrected chi connectivity index (χ1v) is 6.26. The van der Waals surface area contributed by atoms with Crippen molar-refractivity contribution in [2.75, 3.05) is 0 Å². The van der Waals surface area contributed by atoms with E-state index in [0.29, 0.717) is 11.6 Å². The molecule has 0 aliphatic carbocycles. The zero-order valence-electron chi connectivity index (χ0n) is 10.6. The molecule has 5 heteroatoms. The number of hydrogen-bond acceptors (Lipinski definition) is 3. The van der Waals surface area contributed by atoms with Gasteiger partial charge in [0, 0.05) is 12.7 Å². The first-order chi connectivity index (χ1) is 8.15. The van der Waals surface area contributed by atoms with Gasteiger partial charge in [-0.3, -0.25) is 9.48 Å². The molecule has 0 aromatic carbocycles. The summed E-state index contributed by atoms with van der Waals surface area (Å²) in [7, 11) is 0. The molecule has 1 aromatic rings. The third kappa shape index (κ3) is 4.97. The van der Waals surface area contributed by atoms with Gasteiger partial charge in [-0.05, 0) is 12.3 Å². The first kappa shape index (κ1) is 13.7. The molecule has 0 amide bonds. The highest BCUT2D eigenvalue weighted by Crippen LogP contribution is 2.14. The van der Waals surface area contributed by atoms with Crippen LogP contribution in [0.5, 0.6) is 0 Å². The SMILES string of the molecule is CCCCC(CC)Cn1cc(CC(=O)O)nn1. The molecule has 0 saturated heterocycles. The molecule has 0 fully saturated rings. The number of carboxylic acid groups (broad SMARTS) is 1. The van der Waals surface area contributed by atoms with Crippen molar-refractivity contribution in [3.63, 3.8) is 0 Å². The fourth-order valence-electron chi connectivity index (χ4n) is 1.85. The van der Waals surface area contributed by atoms with E-state index in [1.165, 1.54) is 19.3 Å². The maximum Gasteiger partial charge on any atom is 0.309 e. The lowest BCUT2D eigenvalue weighted by Gasteiger charge is -2.13. The molecule has 1 atom stereocenters. The number of rotatable bonds is 8. The Bertz CT molecular complexity index is 349. The highest BCUT2D eigenvalue weighted by Gasteiger charge is 2.10. The molecule has 0 bridgehead atoms. The van der Waals surface area contributed by atoms with Gasteiger partial charge in [0.15, 0.2) is 0 Å². The van der Waals surface area contributed by atoms with Crippen LogP contribution in [-0.2, 0) is 17.8 Å². The minimum absolute atomic E-state index is 0.0498. The average Bonchev–Trinajstić information content (AvgIpc) is 2.70. The van der Waals surface area contributed by atoms with E-state index in [9.17, 15) is 4.79 Å². The summed E-state index contributed by atoms with van der Waals surface area (Å²) in [5.74, 6) is -0.260. The Balaban J connectivity index is 2.48. The average molecular weight is 239 g/mol. The van der Waals surface area contributed by atoms with Gasteiger partial charge in [0.2, 0.25) is 0 Å². The minimum atomic E-state index is -0.866. The zero-order chi connectivity index (χ0) is 12.7. The summed E-state index contributed by atoms with van der Waals surface area (Å²) in [6, 6.07) is 0. The van der Waals surface area contributed by atoms with E-state index in [2.05, 4.69) is 24.2 Å². The van der Waals surface area contributed by atoms with Gasteiger partial charge in [-0.25, -0.2) is 0 Å². The fourth-order valence-corrected chi connectivity index (χ4v) is 1.85. The van der Waals surface area contributed by atoms with Crippen LogP contribution >= 0.6 is 0 Å². The van der Waals surface area contributed by atoms with Crippen molar-refractivity contribution < 1.29 is 9.90 Å². The van der Waals surface area contributed by atoms with E-state index >= 15 is 0 Å². The van der Waals surface area contributed by atoms with E-state index in [1.807, 2.05) is 0 Å². The standard InChI is InChI=1S/C12H21N3O2/c1-3-5-6-10(4-2)8-15-9-11(13-14-15)7-12(16)17/h9-10H,3-8H2,1-2H3,(H,16,17). The third-order valence-electron chi connectivity index (χ3n) is 2.91. The van der Waals surface area contributed by atoms with Crippen molar-refractivity contribution in [2.24, 2.45) is 5.92 Å². The molecule has 17 heavy (non-hydrogen) atoms. The van der Waals surface area contributed by atoms with E-state index in [-0.39, 0.29) is 6.42 Å². The summed E-state index contributed by atoms with van der Waals surface area (Å²) in [5, 5.41) is 16.5. The van der Waals surface area contributed by atoms with Crippen LogP contribution < -0.4 is 0 Å². The molecule has 1 unspecified atom stereocenters. The van der Waals surface area contributed by atoms with Gasteiger partial charge in [-0.1, -0.05) is 38.3 Å². The van der Waals surface area contributed by atoms with E-state index in [0.717, 1.165) is 13.0 Å². The Morgan fingerprint density at radius 3 is 2.88 bits per heavy atom. The first-order valence-electron chi connectivity index (χ1n) is 6.26. The smallest absolute Gasteiger partial charge is 0.309 e. The molecule has 1 rings (SSSR count). The second-order valence-corrected chi connectivity index (χ2v) is 4.42. The van der Waals surface area contributed by atoms with Crippen LogP contribution in [0.1, 0.15) is 45.2 Å². The monoisotopic (exact) mass is 239 g/mol. The lowest BCUT2D eigenvalue weighted by molar-refractivity contribution is -0.136. The van der Waals surface area contributed by atoms with Gasteiger partial charge in [0.25, 0.3) is 0 Å². The van der Waals surface area contributed by atoms with Crippen LogP contribution in [0.15, 0.2) is 6.20 Å². The lowest BCUT2D eigenvalue weighted by atomic mass is 9.99. The number of aromatic nitrogens is 3. The number of aliphatic carboxylic acids is 1. The maximum absolute atomic E-state index is 10.5. The third-order valence-corrected chi connectivity index (χ3v) is 2.91. The van der Waals surface area contributed by atoms with Crippen molar-refractivity contribution in [1.82, 2.24) is 15.0 Å². The summed E-state index contributed by atoms with van der Waals surface area (Å²) >= 11 is 0. The Kier molecular flexibility index (Phi) is 5.66. The number of hydrogen-bond donors (Lipinski definition) is 1. The Hall–Kier alpha value is -1.39. The van der Waals surface area contributed by atoms with Crippen LogP contribution in [0, 0.1) is 5.92 Å². The van der Waals surface area contributed by atoms with Gasteiger partial charge >= 0.3 is 5.97 Å². The van der Waals surface area contributed by atoms with Crippen LogP contribution in [0.4, 0.5) is 0 Å². The van der Waals surface area contributed by atoms with Crippen LogP contribution in [0.3, 0.4) is 0 Å². The van der Waals surface area contributed by atoms with Crippen molar-refractivity contribution in [3.05, 3.63) is 11.9 Å². The summed E-state index contributed by atoms with van der Waals surface area (Å²) in [5.41, 5.74) is 0.530.